The molecule has 0 fully saturated rings. The zero-order valence-electron chi connectivity index (χ0n) is 9.74. The van der Waals surface area contributed by atoms with Gasteiger partial charge in [-0.05, 0) is 6.92 Å². The predicted molar refractivity (Wildman–Crippen MR) is 63.7 cm³/mol. The van der Waals surface area contributed by atoms with E-state index >= 15 is 0 Å². The number of aryl methyl sites for hydroxylation is 1. The Hall–Kier alpha value is -1.57. The fourth-order valence-corrected chi connectivity index (χ4v) is 1.62. The number of nitrogens with one attached hydrogen (secondary N) is 3. The van der Waals surface area contributed by atoms with E-state index in [1.807, 2.05) is 6.92 Å². The molecule has 94 valence electrons. The summed E-state index contributed by atoms with van der Waals surface area (Å²) < 4.78 is 0. The molecule has 0 bridgehead atoms. The zero-order valence-corrected chi connectivity index (χ0v) is 10.6. The van der Waals surface area contributed by atoms with Gasteiger partial charge in [-0.15, -0.1) is 5.10 Å². The molecule has 0 aliphatic carbocycles. The predicted octanol–water partition coefficient (Wildman–Crippen LogP) is 0.305. The summed E-state index contributed by atoms with van der Waals surface area (Å²) in [6.07, 6.45) is 0.763. The lowest BCUT2D eigenvalue weighted by Crippen LogP contribution is -2.40. The van der Waals surface area contributed by atoms with E-state index in [0.29, 0.717) is 11.7 Å². The summed E-state index contributed by atoms with van der Waals surface area (Å²) in [7, 11) is 0. The molecule has 17 heavy (non-hydrogen) atoms. The zero-order chi connectivity index (χ0) is 12.7. The smallest absolute Gasteiger partial charge is 0.321 e. The van der Waals surface area contributed by atoms with Crippen molar-refractivity contribution in [2.75, 3.05) is 12.3 Å². The van der Waals surface area contributed by atoms with Gasteiger partial charge in [0.1, 0.15) is 5.82 Å². The average molecular weight is 257 g/mol. The number of thioether (sulfide) groups is 1. The highest BCUT2D eigenvalue weighted by molar-refractivity contribution is 7.99. The van der Waals surface area contributed by atoms with Gasteiger partial charge in [0.15, 0.2) is 0 Å². The lowest BCUT2D eigenvalue weighted by molar-refractivity contribution is -0.117. The SMILES string of the molecule is CCNC(=O)NC(=O)CSc1n[nH]c(CC)n1. The second-order valence-corrected chi connectivity index (χ2v) is 4.06. The van der Waals surface area contributed by atoms with Crippen LogP contribution in [0.5, 0.6) is 0 Å². The van der Waals surface area contributed by atoms with Crippen molar-refractivity contribution in [1.29, 1.82) is 0 Å². The first-order chi connectivity index (χ1) is 8.15. The maximum absolute atomic E-state index is 11.3. The molecule has 1 aromatic rings. The van der Waals surface area contributed by atoms with E-state index < -0.39 is 6.03 Å². The summed E-state index contributed by atoms with van der Waals surface area (Å²) in [5, 5.41) is 11.8. The molecule has 3 N–H and O–H groups in total. The number of aromatic nitrogens is 3. The molecule has 0 saturated carbocycles. The van der Waals surface area contributed by atoms with Crippen LogP contribution in [0, 0.1) is 0 Å². The standard InChI is InChI=1S/C9H15N5O2S/c1-3-6-11-9(14-13-6)17-5-7(15)12-8(16)10-4-2/h3-5H2,1-2H3,(H,11,13,14)(H2,10,12,15,16). The first-order valence-corrected chi connectivity index (χ1v) is 6.26. The van der Waals surface area contributed by atoms with Crippen molar-refractivity contribution in [3.05, 3.63) is 5.82 Å². The number of nitrogens with zero attached hydrogens (tertiary/aromatic N) is 2. The Morgan fingerprint density at radius 2 is 2.18 bits per heavy atom. The van der Waals surface area contributed by atoms with E-state index in [1.165, 1.54) is 11.8 Å². The Labute approximate surface area is 103 Å². The minimum Gasteiger partial charge on any atom is -0.338 e. The highest BCUT2D eigenvalue weighted by Gasteiger charge is 2.09. The molecule has 0 atom stereocenters. The monoisotopic (exact) mass is 257 g/mol. The van der Waals surface area contributed by atoms with Gasteiger partial charge in [-0.3, -0.25) is 15.2 Å². The molecule has 8 heteroatoms. The van der Waals surface area contributed by atoms with Gasteiger partial charge in [0.2, 0.25) is 11.1 Å². The van der Waals surface area contributed by atoms with E-state index in [-0.39, 0.29) is 11.7 Å². The summed E-state index contributed by atoms with van der Waals surface area (Å²) in [5.41, 5.74) is 0. The molecule has 0 radical (unpaired) electrons. The van der Waals surface area contributed by atoms with Crippen molar-refractivity contribution in [2.45, 2.75) is 25.4 Å². The van der Waals surface area contributed by atoms with Gasteiger partial charge >= 0.3 is 6.03 Å². The van der Waals surface area contributed by atoms with E-state index in [1.54, 1.807) is 6.92 Å². The summed E-state index contributed by atoms with van der Waals surface area (Å²) in [5.74, 6) is 0.512. The van der Waals surface area contributed by atoms with Crippen LogP contribution >= 0.6 is 11.8 Å². The number of urea groups is 1. The number of carbonyl (C=O) groups is 2. The number of carbonyl (C=O) groups excluding carboxylic acids is 2. The van der Waals surface area contributed by atoms with Crippen LogP contribution in [0.4, 0.5) is 4.79 Å². The molecule has 1 heterocycles. The van der Waals surface area contributed by atoms with Crippen LogP contribution in [-0.4, -0.2) is 39.4 Å². The maximum atomic E-state index is 11.3. The molecule has 1 rings (SSSR count). The lowest BCUT2D eigenvalue weighted by Gasteiger charge is -2.02. The maximum Gasteiger partial charge on any atom is 0.321 e. The minimum atomic E-state index is -0.484. The lowest BCUT2D eigenvalue weighted by atomic mass is 10.5. The van der Waals surface area contributed by atoms with E-state index in [9.17, 15) is 9.59 Å². The third-order valence-electron chi connectivity index (χ3n) is 1.77. The Bertz CT molecular complexity index is 392. The van der Waals surface area contributed by atoms with E-state index in [0.717, 1.165) is 12.2 Å². The number of H-pyrrole nitrogens is 1. The van der Waals surface area contributed by atoms with Gasteiger partial charge < -0.3 is 5.32 Å². The number of amides is 3. The second-order valence-electron chi connectivity index (χ2n) is 3.11. The average Bonchev–Trinajstić information content (AvgIpc) is 2.74. The first-order valence-electron chi connectivity index (χ1n) is 5.27. The molecule has 0 aliphatic heterocycles. The second kappa shape index (κ2) is 6.89. The number of hydrogen-bond donors (Lipinski definition) is 3. The highest BCUT2D eigenvalue weighted by Crippen LogP contribution is 2.11. The quantitative estimate of drug-likeness (QED) is 0.659. The van der Waals surface area contributed by atoms with Crippen molar-refractivity contribution >= 4 is 23.7 Å². The molecule has 0 aliphatic rings. The third-order valence-corrected chi connectivity index (χ3v) is 2.62. The van der Waals surface area contributed by atoms with Crippen molar-refractivity contribution in [3.63, 3.8) is 0 Å². The van der Waals surface area contributed by atoms with E-state index in [4.69, 9.17) is 0 Å². The van der Waals surface area contributed by atoms with Crippen molar-refractivity contribution in [1.82, 2.24) is 25.8 Å². The van der Waals surface area contributed by atoms with Crippen LogP contribution in [-0.2, 0) is 11.2 Å². The fraction of sp³-hybridized carbons (Fsp3) is 0.556. The highest BCUT2D eigenvalue weighted by atomic mass is 32.2. The number of imide groups is 1. The normalized spacial score (nSPS) is 10.0. The third kappa shape index (κ3) is 4.85. The fourth-order valence-electron chi connectivity index (χ4n) is 0.998. The topological polar surface area (TPSA) is 99.8 Å². The minimum absolute atomic E-state index is 0.109. The van der Waals surface area contributed by atoms with Gasteiger partial charge in [-0.1, -0.05) is 18.7 Å². The summed E-state index contributed by atoms with van der Waals surface area (Å²) in [4.78, 5) is 26.5. The van der Waals surface area contributed by atoms with Crippen molar-refractivity contribution < 1.29 is 9.59 Å². The van der Waals surface area contributed by atoms with E-state index in [2.05, 4.69) is 25.8 Å². The molecule has 0 unspecified atom stereocenters. The number of aromatic amines is 1. The van der Waals surface area contributed by atoms with Crippen molar-refractivity contribution in [2.24, 2.45) is 0 Å². The summed E-state index contributed by atoms with van der Waals surface area (Å²) in [6.45, 7) is 4.21. The Morgan fingerprint density at radius 3 is 2.76 bits per heavy atom. The van der Waals surface area contributed by atoms with Gasteiger partial charge in [0.05, 0.1) is 5.75 Å². The molecule has 0 spiro atoms. The molecule has 3 amide bonds. The van der Waals surface area contributed by atoms with Crippen LogP contribution in [0.3, 0.4) is 0 Å². The van der Waals surface area contributed by atoms with Crippen LogP contribution < -0.4 is 10.6 Å². The molecule has 1 aromatic heterocycles. The summed E-state index contributed by atoms with van der Waals surface area (Å²) >= 11 is 1.18. The van der Waals surface area contributed by atoms with Gasteiger partial charge in [-0.2, -0.15) is 0 Å². The number of hydrogen-bond acceptors (Lipinski definition) is 5. The molecular weight excluding hydrogens is 242 g/mol. The van der Waals surface area contributed by atoms with Gasteiger partial charge in [-0.25, -0.2) is 9.78 Å². The number of rotatable bonds is 5. The van der Waals surface area contributed by atoms with Crippen LogP contribution in [0.25, 0.3) is 0 Å². The van der Waals surface area contributed by atoms with Gasteiger partial charge in [0, 0.05) is 13.0 Å². The molecule has 0 saturated heterocycles. The van der Waals surface area contributed by atoms with Crippen LogP contribution in [0.2, 0.25) is 0 Å². The molecular formula is C9H15N5O2S. The first kappa shape index (κ1) is 13.5. The van der Waals surface area contributed by atoms with Crippen molar-refractivity contribution in [3.8, 4) is 0 Å². The van der Waals surface area contributed by atoms with Gasteiger partial charge in [0.25, 0.3) is 0 Å². The Balaban J connectivity index is 2.30. The summed E-state index contributed by atoms with van der Waals surface area (Å²) in [6, 6.07) is -0.484. The molecule has 0 aromatic carbocycles. The largest absolute Gasteiger partial charge is 0.338 e. The van der Waals surface area contributed by atoms with Crippen LogP contribution in [0.15, 0.2) is 5.16 Å². The molecule has 7 nitrogen and oxygen atoms in total. The Morgan fingerprint density at radius 1 is 1.41 bits per heavy atom. The van der Waals surface area contributed by atoms with Crippen LogP contribution in [0.1, 0.15) is 19.7 Å². The Kier molecular flexibility index (Phi) is 5.47.